The summed E-state index contributed by atoms with van der Waals surface area (Å²) in [6, 6.07) is 6.47. The number of carbonyl (C=O) groups excluding carboxylic acids is 2. The minimum absolute atomic E-state index is 0.235. The van der Waals surface area contributed by atoms with Crippen LogP contribution in [0.2, 0.25) is 0 Å². The van der Waals surface area contributed by atoms with Crippen LogP contribution < -0.4 is 10.6 Å². The SMILES string of the molecule is CNC(=O)c1ccc(CN(C)CC(=O)Nc2c(F)c(F)c(F)c(F)c2F)cc1. The Bertz CT molecular complexity index is 874. The molecule has 0 unspecified atom stereocenters. The quantitative estimate of drug-likeness (QED) is 0.445. The minimum atomic E-state index is -2.30. The highest BCUT2D eigenvalue weighted by Crippen LogP contribution is 2.27. The molecule has 0 fully saturated rings. The highest BCUT2D eigenvalue weighted by atomic mass is 19.2. The van der Waals surface area contributed by atoms with Gasteiger partial charge in [-0.1, -0.05) is 12.1 Å². The van der Waals surface area contributed by atoms with Gasteiger partial charge in [0.25, 0.3) is 5.91 Å². The third-order valence-electron chi connectivity index (χ3n) is 3.78. The summed E-state index contributed by atoms with van der Waals surface area (Å²) in [4.78, 5) is 24.9. The Balaban J connectivity index is 2.03. The van der Waals surface area contributed by atoms with E-state index in [2.05, 4.69) is 5.32 Å². The number of nitrogens with one attached hydrogen (secondary N) is 2. The number of nitrogens with zero attached hydrogens (tertiary/aromatic N) is 1. The maximum absolute atomic E-state index is 13.6. The summed E-state index contributed by atoms with van der Waals surface area (Å²) in [6.45, 7) is -0.144. The average molecular weight is 401 g/mol. The molecule has 5 nitrogen and oxygen atoms in total. The molecular formula is C18H16F5N3O2. The predicted octanol–water partition coefficient (Wildman–Crippen LogP) is 2.81. The molecule has 0 saturated heterocycles. The van der Waals surface area contributed by atoms with Crippen LogP contribution >= 0.6 is 0 Å². The Morgan fingerprint density at radius 1 is 0.893 bits per heavy atom. The molecule has 28 heavy (non-hydrogen) atoms. The lowest BCUT2D eigenvalue weighted by Gasteiger charge is -2.17. The predicted molar refractivity (Wildman–Crippen MR) is 91.0 cm³/mol. The lowest BCUT2D eigenvalue weighted by molar-refractivity contribution is -0.117. The third-order valence-corrected chi connectivity index (χ3v) is 3.78. The summed E-state index contributed by atoms with van der Waals surface area (Å²) in [5.41, 5.74) is -0.220. The smallest absolute Gasteiger partial charge is 0.251 e. The van der Waals surface area contributed by atoms with Crippen LogP contribution in [-0.4, -0.2) is 37.4 Å². The normalized spacial score (nSPS) is 10.9. The van der Waals surface area contributed by atoms with Gasteiger partial charge >= 0.3 is 0 Å². The number of anilines is 1. The first-order valence-electron chi connectivity index (χ1n) is 7.96. The molecule has 0 aliphatic rings. The molecule has 0 aliphatic carbocycles. The zero-order chi connectivity index (χ0) is 21.0. The number of halogens is 5. The molecule has 0 atom stereocenters. The maximum atomic E-state index is 13.6. The molecule has 0 spiro atoms. The monoisotopic (exact) mass is 401 g/mol. The molecule has 150 valence electrons. The molecule has 0 radical (unpaired) electrons. The van der Waals surface area contributed by atoms with Gasteiger partial charge in [0.15, 0.2) is 23.3 Å². The number of hydrogen-bond donors (Lipinski definition) is 2. The van der Waals surface area contributed by atoms with Gasteiger partial charge in [0.2, 0.25) is 11.7 Å². The van der Waals surface area contributed by atoms with Crippen molar-refractivity contribution < 1.29 is 31.5 Å². The van der Waals surface area contributed by atoms with Crippen molar-refractivity contribution in [2.75, 3.05) is 26.0 Å². The van der Waals surface area contributed by atoms with Crippen LogP contribution in [0.15, 0.2) is 24.3 Å². The molecule has 0 bridgehead atoms. The van der Waals surface area contributed by atoms with Gasteiger partial charge in [0.1, 0.15) is 5.69 Å². The zero-order valence-electron chi connectivity index (χ0n) is 14.9. The van der Waals surface area contributed by atoms with Crippen LogP contribution in [0, 0.1) is 29.1 Å². The van der Waals surface area contributed by atoms with Gasteiger partial charge in [0, 0.05) is 19.2 Å². The first-order valence-corrected chi connectivity index (χ1v) is 7.96. The molecule has 0 aromatic heterocycles. The second kappa shape index (κ2) is 8.79. The molecule has 2 N–H and O–H groups in total. The van der Waals surface area contributed by atoms with Crippen molar-refractivity contribution in [3.05, 3.63) is 64.5 Å². The standard InChI is InChI=1S/C18H16F5N3O2/c1-24-18(28)10-5-3-9(4-6-10)7-26(2)8-11(27)25-17-15(22)13(20)12(19)14(21)16(17)23/h3-6H,7-8H2,1-2H3,(H,24,28)(H,25,27). The number of hydrogen-bond acceptors (Lipinski definition) is 3. The second-order valence-electron chi connectivity index (χ2n) is 5.94. The van der Waals surface area contributed by atoms with Crippen molar-refractivity contribution in [2.45, 2.75) is 6.54 Å². The summed E-state index contributed by atoms with van der Waals surface area (Å²) >= 11 is 0. The van der Waals surface area contributed by atoms with Crippen LogP contribution in [0.4, 0.5) is 27.6 Å². The number of amides is 2. The first-order chi connectivity index (χ1) is 13.1. The fraction of sp³-hybridized carbons (Fsp3) is 0.222. The lowest BCUT2D eigenvalue weighted by Crippen LogP contribution is -2.30. The van der Waals surface area contributed by atoms with Crippen molar-refractivity contribution >= 4 is 17.5 Å². The second-order valence-corrected chi connectivity index (χ2v) is 5.94. The third kappa shape index (κ3) is 4.63. The van der Waals surface area contributed by atoms with Gasteiger partial charge in [-0.3, -0.25) is 14.5 Å². The van der Waals surface area contributed by atoms with Crippen LogP contribution in [-0.2, 0) is 11.3 Å². The van der Waals surface area contributed by atoms with Gasteiger partial charge in [-0.25, -0.2) is 22.0 Å². The van der Waals surface area contributed by atoms with E-state index in [1.54, 1.807) is 29.6 Å². The van der Waals surface area contributed by atoms with E-state index in [4.69, 9.17) is 0 Å². The Hall–Kier alpha value is -3.01. The first kappa shape index (κ1) is 21.3. The van der Waals surface area contributed by atoms with Crippen molar-refractivity contribution in [3.63, 3.8) is 0 Å². The Kier molecular flexibility index (Phi) is 6.68. The fourth-order valence-electron chi connectivity index (χ4n) is 2.41. The Labute approximate surface area is 157 Å². The number of rotatable bonds is 6. The highest BCUT2D eigenvalue weighted by molar-refractivity contribution is 5.94. The summed E-state index contributed by atoms with van der Waals surface area (Å²) in [5, 5.41) is 4.18. The number of likely N-dealkylation sites (N-methyl/N-ethyl adjacent to an activating group) is 1. The van der Waals surface area contributed by atoms with Gasteiger partial charge in [-0.05, 0) is 24.7 Å². The highest BCUT2D eigenvalue weighted by Gasteiger charge is 2.27. The van der Waals surface area contributed by atoms with Crippen molar-refractivity contribution in [3.8, 4) is 0 Å². The summed E-state index contributed by atoms with van der Waals surface area (Å²) in [6.07, 6.45) is 0. The van der Waals surface area contributed by atoms with Crippen molar-refractivity contribution in [1.82, 2.24) is 10.2 Å². The lowest BCUT2D eigenvalue weighted by atomic mass is 10.1. The summed E-state index contributed by atoms with van der Waals surface area (Å²) in [5.74, 6) is -12.0. The maximum Gasteiger partial charge on any atom is 0.251 e. The van der Waals surface area contributed by atoms with Crippen molar-refractivity contribution in [1.29, 1.82) is 0 Å². The molecular weight excluding hydrogens is 385 g/mol. The van der Waals surface area contributed by atoms with Crippen molar-refractivity contribution in [2.24, 2.45) is 0 Å². The number of carbonyl (C=O) groups is 2. The number of benzene rings is 2. The molecule has 10 heteroatoms. The van der Waals surface area contributed by atoms with E-state index < -0.39 is 40.7 Å². The minimum Gasteiger partial charge on any atom is -0.355 e. The van der Waals surface area contributed by atoms with Gasteiger partial charge in [0.05, 0.1) is 6.54 Å². The molecule has 2 rings (SSSR count). The van der Waals surface area contributed by atoms with Crippen LogP contribution in [0.3, 0.4) is 0 Å². The molecule has 2 amide bonds. The summed E-state index contributed by atoms with van der Waals surface area (Å²) < 4.78 is 66.5. The Morgan fingerprint density at radius 3 is 1.89 bits per heavy atom. The molecule has 0 heterocycles. The topological polar surface area (TPSA) is 61.4 Å². The van der Waals surface area contributed by atoms with E-state index in [0.717, 1.165) is 5.56 Å². The van der Waals surface area contributed by atoms with E-state index in [-0.39, 0.29) is 19.0 Å². The van der Waals surface area contributed by atoms with E-state index in [0.29, 0.717) is 5.56 Å². The van der Waals surface area contributed by atoms with Crippen LogP contribution in [0.5, 0.6) is 0 Å². The van der Waals surface area contributed by atoms with E-state index in [1.807, 2.05) is 0 Å². The molecule has 0 saturated carbocycles. The van der Waals surface area contributed by atoms with Gasteiger partial charge in [-0.15, -0.1) is 0 Å². The van der Waals surface area contributed by atoms with Crippen LogP contribution in [0.1, 0.15) is 15.9 Å². The van der Waals surface area contributed by atoms with Gasteiger partial charge in [-0.2, -0.15) is 0 Å². The van der Waals surface area contributed by atoms with Gasteiger partial charge < -0.3 is 10.6 Å². The van der Waals surface area contributed by atoms with E-state index >= 15 is 0 Å². The van der Waals surface area contributed by atoms with Crippen LogP contribution in [0.25, 0.3) is 0 Å². The molecule has 0 aliphatic heterocycles. The fourth-order valence-corrected chi connectivity index (χ4v) is 2.41. The molecule has 2 aromatic rings. The average Bonchev–Trinajstić information content (AvgIpc) is 2.68. The Morgan fingerprint density at radius 2 is 1.39 bits per heavy atom. The van der Waals surface area contributed by atoms with E-state index in [1.165, 1.54) is 19.0 Å². The molecule has 2 aromatic carbocycles. The van der Waals surface area contributed by atoms with E-state index in [9.17, 15) is 31.5 Å². The largest absolute Gasteiger partial charge is 0.355 e. The summed E-state index contributed by atoms with van der Waals surface area (Å²) in [7, 11) is 3.01. The zero-order valence-corrected chi connectivity index (χ0v) is 14.9.